The molecule has 32 heavy (non-hydrogen) atoms. The van der Waals surface area contributed by atoms with Gasteiger partial charge in [0.1, 0.15) is 29.7 Å². The molecular formula is C23H23N5O4. The SMILES string of the molecule is COc1ccc2c(c1)-c1nn(C)cc1Cc1c(-c3nc(COC4CCOC4)co3)ncn1-2. The second-order valence-electron chi connectivity index (χ2n) is 8.09. The Kier molecular flexibility index (Phi) is 4.58. The van der Waals surface area contributed by atoms with E-state index in [1.807, 2.05) is 42.5 Å². The molecule has 3 aromatic heterocycles. The van der Waals surface area contributed by atoms with Crippen molar-refractivity contribution in [2.45, 2.75) is 25.6 Å². The van der Waals surface area contributed by atoms with Gasteiger partial charge in [-0.3, -0.25) is 4.68 Å². The fourth-order valence-electron chi connectivity index (χ4n) is 4.37. The summed E-state index contributed by atoms with van der Waals surface area (Å²) in [5.41, 5.74) is 6.52. The number of imidazole rings is 1. The van der Waals surface area contributed by atoms with Gasteiger partial charge in [-0.1, -0.05) is 0 Å². The Morgan fingerprint density at radius 2 is 2.19 bits per heavy atom. The summed E-state index contributed by atoms with van der Waals surface area (Å²) in [4.78, 5) is 9.32. The molecule has 1 saturated heterocycles. The van der Waals surface area contributed by atoms with E-state index in [0.717, 1.165) is 58.4 Å². The smallest absolute Gasteiger partial charge is 0.247 e. The average molecular weight is 433 g/mol. The van der Waals surface area contributed by atoms with E-state index in [2.05, 4.69) is 14.5 Å². The lowest BCUT2D eigenvalue weighted by atomic mass is 10.0. The van der Waals surface area contributed by atoms with Crippen LogP contribution in [-0.4, -0.2) is 50.7 Å². The predicted molar refractivity (Wildman–Crippen MR) is 115 cm³/mol. The van der Waals surface area contributed by atoms with Crippen molar-refractivity contribution < 1.29 is 18.6 Å². The fraction of sp³-hybridized carbons (Fsp3) is 0.348. The zero-order chi connectivity index (χ0) is 21.7. The molecule has 0 aliphatic carbocycles. The van der Waals surface area contributed by atoms with Crippen LogP contribution in [0, 0.1) is 0 Å². The highest BCUT2D eigenvalue weighted by Gasteiger charge is 2.27. The number of rotatable bonds is 5. The number of nitrogens with zero attached hydrogens (tertiary/aromatic N) is 5. The summed E-state index contributed by atoms with van der Waals surface area (Å²) in [6.07, 6.45) is 7.19. The van der Waals surface area contributed by atoms with E-state index >= 15 is 0 Å². The largest absolute Gasteiger partial charge is 0.497 e. The van der Waals surface area contributed by atoms with E-state index in [1.165, 1.54) is 0 Å². The monoisotopic (exact) mass is 433 g/mol. The number of hydrogen-bond donors (Lipinski definition) is 0. The molecule has 1 fully saturated rings. The second kappa shape index (κ2) is 7.61. The Labute approximate surface area is 184 Å². The number of aryl methyl sites for hydroxylation is 1. The summed E-state index contributed by atoms with van der Waals surface area (Å²) in [5.74, 6) is 1.27. The van der Waals surface area contributed by atoms with Crippen LogP contribution in [0.4, 0.5) is 0 Å². The predicted octanol–water partition coefficient (Wildman–Crippen LogP) is 3.15. The molecule has 0 amide bonds. The number of benzene rings is 1. The normalized spacial score (nSPS) is 17.0. The van der Waals surface area contributed by atoms with Crippen molar-refractivity contribution in [2.75, 3.05) is 20.3 Å². The molecule has 9 nitrogen and oxygen atoms in total. The highest BCUT2D eigenvalue weighted by Crippen LogP contribution is 2.38. The van der Waals surface area contributed by atoms with Gasteiger partial charge in [0.25, 0.3) is 0 Å². The van der Waals surface area contributed by atoms with Gasteiger partial charge < -0.3 is 23.2 Å². The van der Waals surface area contributed by atoms with Gasteiger partial charge in [-0.2, -0.15) is 5.10 Å². The van der Waals surface area contributed by atoms with Gasteiger partial charge in [0.15, 0.2) is 0 Å². The summed E-state index contributed by atoms with van der Waals surface area (Å²) < 4.78 is 26.4. The van der Waals surface area contributed by atoms with Crippen LogP contribution in [-0.2, 0) is 29.5 Å². The first-order valence-corrected chi connectivity index (χ1v) is 10.6. The molecule has 0 spiro atoms. The first-order valence-electron chi connectivity index (χ1n) is 10.6. The zero-order valence-corrected chi connectivity index (χ0v) is 17.9. The van der Waals surface area contributed by atoms with Gasteiger partial charge in [0.2, 0.25) is 5.89 Å². The minimum atomic E-state index is 0.122. The third-order valence-corrected chi connectivity index (χ3v) is 5.96. The maximum Gasteiger partial charge on any atom is 0.247 e. The summed E-state index contributed by atoms with van der Waals surface area (Å²) >= 11 is 0. The number of aromatic nitrogens is 5. The molecule has 0 radical (unpaired) electrons. The Bertz CT molecular complexity index is 1280. The minimum Gasteiger partial charge on any atom is -0.497 e. The number of ether oxygens (including phenoxy) is 3. The third kappa shape index (κ3) is 3.21. The Balaban J connectivity index is 1.39. The summed E-state index contributed by atoms with van der Waals surface area (Å²) in [5, 5.41) is 4.72. The summed E-state index contributed by atoms with van der Waals surface area (Å²) in [6, 6.07) is 6.00. The number of fused-ring (bicyclic) bond motifs is 5. The lowest BCUT2D eigenvalue weighted by Crippen LogP contribution is -2.11. The molecule has 164 valence electrons. The van der Waals surface area contributed by atoms with Crippen LogP contribution in [0.25, 0.3) is 28.5 Å². The van der Waals surface area contributed by atoms with Gasteiger partial charge in [0, 0.05) is 37.4 Å². The molecule has 2 aliphatic rings. The second-order valence-corrected chi connectivity index (χ2v) is 8.09. The highest BCUT2D eigenvalue weighted by molar-refractivity contribution is 5.77. The van der Waals surface area contributed by atoms with Crippen molar-refractivity contribution in [1.82, 2.24) is 24.3 Å². The quantitative estimate of drug-likeness (QED) is 0.421. The van der Waals surface area contributed by atoms with Crippen LogP contribution >= 0.6 is 0 Å². The fourth-order valence-corrected chi connectivity index (χ4v) is 4.37. The molecular weight excluding hydrogens is 410 g/mol. The van der Waals surface area contributed by atoms with Crippen molar-refractivity contribution in [3.8, 4) is 34.3 Å². The molecule has 5 heterocycles. The summed E-state index contributed by atoms with van der Waals surface area (Å²) in [7, 11) is 3.60. The third-order valence-electron chi connectivity index (χ3n) is 5.96. The van der Waals surface area contributed by atoms with Crippen LogP contribution in [0.2, 0.25) is 0 Å². The van der Waals surface area contributed by atoms with E-state index in [4.69, 9.17) is 23.7 Å². The molecule has 1 atom stereocenters. The molecule has 1 aromatic carbocycles. The van der Waals surface area contributed by atoms with Crippen molar-refractivity contribution in [2.24, 2.45) is 7.05 Å². The van der Waals surface area contributed by atoms with Crippen LogP contribution < -0.4 is 4.74 Å². The van der Waals surface area contributed by atoms with E-state index in [-0.39, 0.29) is 6.10 Å². The van der Waals surface area contributed by atoms with E-state index in [9.17, 15) is 0 Å². The first kappa shape index (κ1) is 19.3. The van der Waals surface area contributed by atoms with Gasteiger partial charge in [-0.25, -0.2) is 9.97 Å². The van der Waals surface area contributed by atoms with Gasteiger partial charge in [-0.15, -0.1) is 0 Å². The van der Waals surface area contributed by atoms with E-state index < -0.39 is 0 Å². The highest BCUT2D eigenvalue weighted by atomic mass is 16.5. The minimum absolute atomic E-state index is 0.122. The first-order chi connectivity index (χ1) is 15.7. The van der Waals surface area contributed by atoms with Crippen LogP contribution in [0.3, 0.4) is 0 Å². The Hall–Kier alpha value is -3.43. The Morgan fingerprint density at radius 1 is 1.25 bits per heavy atom. The zero-order valence-electron chi connectivity index (χ0n) is 17.9. The topological polar surface area (TPSA) is 89.4 Å². The number of oxazole rings is 1. The number of methoxy groups -OCH3 is 1. The van der Waals surface area contributed by atoms with Crippen molar-refractivity contribution in [1.29, 1.82) is 0 Å². The molecule has 2 aliphatic heterocycles. The summed E-state index contributed by atoms with van der Waals surface area (Å²) in [6.45, 7) is 1.78. The van der Waals surface area contributed by atoms with E-state index in [0.29, 0.717) is 25.5 Å². The maximum absolute atomic E-state index is 5.87. The molecule has 0 N–H and O–H groups in total. The average Bonchev–Trinajstić information content (AvgIpc) is 3.59. The Morgan fingerprint density at radius 3 is 3.03 bits per heavy atom. The van der Waals surface area contributed by atoms with Crippen LogP contribution in [0.1, 0.15) is 23.4 Å². The van der Waals surface area contributed by atoms with Gasteiger partial charge >= 0.3 is 0 Å². The van der Waals surface area contributed by atoms with Crippen LogP contribution in [0.5, 0.6) is 5.75 Å². The molecule has 6 rings (SSSR count). The lowest BCUT2D eigenvalue weighted by molar-refractivity contribution is 0.0301. The standard InChI is InChI=1S/C23H23N5O4/c1-27-9-14-7-20-22(23-25-15(11-32-23)10-31-17-5-6-30-12-17)24-13-28(20)19-4-3-16(29-2)8-18(19)21(14)26-27/h3-4,8-9,11,13,17H,5-7,10,12H2,1-2H3. The van der Waals surface area contributed by atoms with Crippen molar-refractivity contribution >= 4 is 0 Å². The van der Waals surface area contributed by atoms with Crippen molar-refractivity contribution in [3.63, 3.8) is 0 Å². The molecule has 0 bridgehead atoms. The number of hydrogen-bond acceptors (Lipinski definition) is 7. The lowest BCUT2D eigenvalue weighted by Gasteiger charge is -2.11. The van der Waals surface area contributed by atoms with E-state index in [1.54, 1.807) is 13.4 Å². The molecule has 9 heteroatoms. The molecule has 4 aromatic rings. The molecule has 1 unspecified atom stereocenters. The molecule has 0 saturated carbocycles. The van der Waals surface area contributed by atoms with Crippen LogP contribution in [0.15, 0.2) is 41.4 Å². The van der Waals surface area contributed by atoms with Gasteiger partial charge in [0.05, 0.1) is 43.5 Å². The van der Waals surface area contributed by atoms with Gasteiger partial charge in [-0.05, 0) is 24.6 Å². The maximum atomic E-state index is 5.87. The van der Waals surface area contributed by atoms with Crippen molar-refractivity contribution in [3.05, 3.63) is 53.9 Å².